The lowest BCUT2D eigenvalue weighted by Gasteiger charge is -2.37. The number of carbonyl (C=O) groups excluding carboxylic acids is 2. The predicted molar refractivity (Wildman–Crippen MR) is 113 cm³/mol. The molecule has 0 aromatic carbocycles. The maximum Gasteiger partial charge on any atom is 0.321 e. The summed E-state index contributed by atoms with van der Waals surface area (Å²) in [5.74, 6) is -1.10. The number of nitrogens with one attached hydrogen (secondary N) is 2. The van der Waals surface area contributed by atoms with E-state index in [4.69, 9.17) is 17.2 Å². The summed E-state index contributed by atoms with van der Waals surface area (Å²) in [6, 6.07) is -2.19. The Morgan fingerprint density at radius 1 is 1.07 bits per heavy atom. The summed E-state index contributed by atoms with van der Waals surface area (Å²) >= 11 is 1.57. The van der Waals surface area contributed by atoms with Gasteiger partial charge in [0.15, 0.2) is 0 Å². The molecule has 28 heavy (non-hydrogen) atoms. The highest BCUT2D eigenvalue weighted by molar-refractivity contribution is 7.98. The molecule has 0 aliphatic heterocycles. The molecule has 0 radical (unpaired) electrons. The van der Waals surface area contributed by atoms with Gasteiger partial charge in [-0.1, -0.05) is 27.7 Å². The van der Waals surface area contributed by atoms with E-state index in [0.29, 0.717) is 12.2 Å². The normalized spacial score (nSPS) is 14.5. The van der Waals surface area contributed by atoms with E-state index >= 15 is 0 Å². The Morgan fingerprint density at radius 3 is 2.04 bits per heavy atom. The first-order chi connectivity index (χ1) is 12.8. The second kappa shape index (κ2) is 11.6. The lowest BCUT2D eigenvalue weighted by atomic mass is 9.70. The maximum atomic E-state index is 12.9. The van der Waals surface area contributed by atoms with Crippen molar-refractivity contribution in [3.05, 3.63) is 0 Å². The van der Waals surface area contributed by atoms with Crippen LogP contribution in [0.1, 0.15) is 40.5 Å². The maximum absolute atomic E-state index is 12.9. The van der Waals surface area contributed by atoms with Crippen LogP contribution in [0.15, 0.2) is 0 Å². The van der Waals surface area contributed by atoms with Crippen LogP contribution in [0.2, 0.25) is 0 Å². The molecule has 0 aliphatic carbocycles. The summed E-state index contributed by atoms with van der Waals surface area (Å²) in [6.45, 7) is 7.27. The number of thioether (sulfide) groups is 1. The Labute approximate surface area is 171 Å². The largest absolute Gasteiger partial charge is 0.480 e. The van der Waals surface area contributed by atoms with Crippen LogP contribution in [0.25, 0.3) is 0 Å². The van der Waals surface area contributed by atoms with E-state index in [9.17, 15) is 19.5 Å². The zero-order valence-electron chi connectivity index (χ0n) is 17.6. The number of hydrogen-bond donors (Lipinski definition) is 6. The third-order valence-electron chi connectivity index (χ3n) is 4.77. The van der Waals surface area contributed by atoms with Crippen molar-refractivity contribution >= 4 is 29.5 Å². The van der Waals surface area contributed by atoms with E-state index in [1.54, 1.807) is 39.5 Å². The molecule has 0 aliphatic rings. The fourth-order valence-electron chi connectivity index (χ4n) is 3.04. The van der Waals surface area contributed by atoms with Crippen LogP contribution in [-0.4, -0.2) is 66.1 Å². The van der Waals surface area contributed by atoms with Gasteiger partial charge >= 0.3 is 5.97 Å². The summed E-state index contributed by atoms with van der Waals surface area (Å²) in [5.41, 5.74) is 15.2. The standard InChI is InChI=1S/C18H37N5O4S/c1-17(2,13(21)15(25)26)10-18(3,4)16(27)23-12(6-7-28-5)14(24)22-11(8-19)9-20/h11-13H,6-10,19-21H2,1-5H3,(H,22,24)(H,23,27)(H,25,26). The fraction of sp³-hybridized carbons (Fsp3) is 0.833. The highest BCUT2D eigenvalue weighted by Crippen LogP contribution is 2.36. The number of carbonyl (C=O) groups is 3. The van der Waals surface area contributed by atoms with Gasteiger partial charge in [0.1, 0.15) is 12.1 Å². The average molecular weight is 420 g/mol. The molecular weight excluding hydrogens is 382 g/mol. The number of carboxylic acids is 1. The quantitative estimate of drug-likeness (QED) is 0.231. The lowest BCUT2D eigenvalue weighted by Crippen LogP contribution is -2.56. The molecule has 0 saturated carbocycles. The number of hydrogen-bond acceptors (Lipinski definition) is 7. The van der Waals surface area contributed by atoms with Crippen molar-refractivity contribution in [1.82, 2.24) is 10.6 Å². The molecule has 164 valence electrons. The van der Waals surface area contributed by atoms with Gasteiger partial charge in [0, 0.05) is 18.5 Å². The predicted octanol–water partition coefficient (Wildman–Crippen LogP) is -0.519. The number of aliphatic carboxylic acids is 1. The monoisotopic (exact) mass is 419 g/mol. The summed E-state index contributed by atoms with van der Waals surface area (Å²) in [5, 5.41) is 14.8. The van der Waals surface area contributed by atoms with Crippen molar-refractivity contribution in [3.8, 4) is 0 Å². The van der Waals surface area contributed by atoms with Gasteiger partial charge in [-0.15, -0.1) is 0 Å². The van der Waals surface area contributed by atoms with Gasteiger partial charge < -0.3 is 32.9 Å². The molecule has 0 heterocycles. The molecule has 0 spiro atoms. The van der Waals surface area contributed by atoms with Crippen LogP contribution in [0, 0.1) is 10.8 Å². The highest BCUT2D eigenvalue weighted by atomic mass is 32.2. The van der Waals surface area contributed by atoms with Gasteiger partial charge in [-0.3, -0.25) is 14.4 Å². The molecule has 9 N–H and O–H groups in total. The molecular formula is C18H37N5O4S. The number of amides is 2. The van der Waals surface area contributed by atoms with E-state index < -0.39 is 28.9 Å². The van der Waals surface area contributed by atoms with Crippen molar-refractivity contribution in [2.75, 3.05) is 25.1 Å². The topological polar surface area (TPSA) is 174 Å². The van der Waals surface area contributed by atoms with Crippen molar-refractivity contribution in [1.29, 1.82) is 0 Å². The third kappa shape index (κ3) is 8.34. The van der Waals surface area contributed by atoms with E-state index in [-0.39, 0.29) is 37.4 Å². The van der Waals surface area contributed by atoms with Crippen molar-refractivity contribution < 1.29 is 19.5 Å². The van der Waals surface area contributed by atoms with Crippen LogP contribution in [-0.2, 0) is 14.4 Å². The van der Waals surface area contributed by atoms with Crippen LogP contribution < -0.4 is 27.8 Å². The molecule has 0 fully saturated rings. The minimum absolute atomic E-state index is 0.207. The van der Waals surface area contributed by atoms with Gasteiger partial charge in [0.25, 0.3) is 0 Å². The molecule has 0 saturated heterocycles. The SMILES string of the molecule is CSCCC(NC(=O)C(C)(C)CC(C)(C)C(N)C(=O)O)C(=O)NC(CN)CN. The summed E-state index contributed by atoms with van der Waals surface area (Å²) in [4.78, 5) is 36.7. The molecule has 10 heteroatoms. The first kappa shape index (κ1) is 26.6. The van der Waals surface area contributed by atoms with Crippen LogP contribution >= 0.6 is 11.8 Å². The van der Waals surface area contributed by atoms with Gasteiger partial charge in [-0.2, -0.15) is 11.8 Å². The van der Waals surface area contributed by atoms with E-state index in [1.165, 1.54) is 0 Å². The minimum Gasteiger partial charge on any atom is -0.480 e. The first-order valence-electron chi connectivity index (χ1n) is 9.31. The minimum atomic E-state index is -1.12. The van der Waals surface area contributed by atoms with Gasteiger partial charge in [-0.05, 0) is 30.3 Å². The Balaban J connectivity index is 5.26. The first-order valence-corrected chi connectivity index (χ1v) is 10.7. The van der Waals surface area contributed by atoms with Crippen LogP contribution in [0.4, 0.5) is 0 Å². The number of rotatable bonds is 13. The Hall–Kier alpha value is -1.36. The Kier molecular flexibility index (Phi) is 11.0. The van der Waals surface area contributed by atoms with Crippen molar-refractivity contribution in [3.63, 3.8) is 0 Å². The van der Waals surface area contributed by atoms with Crippen molar-refractivity contribution in [2.45, 2.75) is 58.7 Å². The zero-order chi connectivity index (χ0) is 22.1. The second-order valence-corrected chi connectivity index (χ2v) is 9.34. The molecule has 0 rings (SSSR count). The average Bonchev–Trinajstić information content (AvgIpc) is 2.60. The number of nitrogens with two attached hydrogens (primary N) is 3. The second-order valence-electron chi connectivity index (χ2n) is 8.35. The Morgan fingerprint density at radius 2 is 1.61 bits per heavy atom. The molecule has 0 bridgehead atoms. The third-order valence-corrected chi connectivity index (χ3v) is 5.41. The van der Waals surface area contributed by atoms with Crippen LogP contribution in [0.3, 0.4) is 0 Å². The molecule has 9 nitrogen and oxygen atoms in total. The lowest BCUT2D eigenvalue weighted by molar-refractivity contribution is -0.143. The fourth-order valence-corrected chi connectivity index (χ4v) is 3.51. The Bertz CT molecular complexity index is 538. The zero-order valence-corrected chi connectivity index (χ0v) is 18.4. The molecule has 2 atom stereocenters. The van der Waals surface area contributed by atoms with Crippen LogP contribution in [0.5, 0.6) is 0 Å². The smallest absolute Gasteiger partial charge is 0.321 e. The molecule has 2 amide bonds. The van der Waals surface area contributed by atoms with Gasteiger partial charge in [-0.25, -0.2) is 0 Å². The molecule has 0 aromatic heterocycles. The number of carboxylic acid groups (broad SMARTS) is 1. The van der Waals surface area contributed by atoms with E-state index in [2.05, 4.69) is 10.6 Å². The molecule has 2 unspecified atom stereocenters. The van der Waals surface area contributed by atoms with E-state index in [0.717, 1.165) is 0 Å². The van der Waals surface area contributed by atoms with E-state index in [1.807, 2.05) is 6.26 Å². The van der Waals surface area contributed by atoms with Gasteiger partial charge in [0.2, 0.25) is 11.8 Å². The molecule has 0 aromatic rings. The summed E-state index contributed by atoms with van der Waals surface area (Å²) in [7, 11) is 0. The summed E-state index contributed by atoms with van der Waals surface area (Å²) < 4.78 is 0. The van der Waals surface area contributed by atoms with Gasteiger partial charge in [0.05, 0.1) is 6.04 Å². The highest BCUT2D eigenvalue weighted by Gasteiger charge is 2.41. The van der Waals surface area contributed by atoms with Crippen molar-refractivity contribution in [2.24, 2.45) is 28.0 Å². The summed E-state index contributed by atoms with van der Waals surface area (Å²) in [6.07, 6.45) is 2.61.